The summed E-state index contributed by atoms with van der Waals surface area (Å²) in [5.74, 6) is 0.440. The SMILES string of the molecule is CSCCC(NC(N)=O)C(=O)N1CCN(S(=O)(=O)c2ccccc2Cl)CC1. The zero-order valence-corrected chi connectivity index (χ0v) is 17.3. The van der Waals surface area contributed by atoms with E-state index in [2.05, 4.69) is 5.32 Å². The van der Waals surface area contributed by atoms with E-state index in [0.717, 1.165) is 0 Å². The van der Waals surface area contributed by atoms with Crippen molar-refractivity contribution in [3.63, 3.8) is 0 Å². The molecule has 1 atom stereocenters. The Kier molecular flexibility index (Phi) is 7.78. The molecule has 0 spiro atoms. The van der Waals surface area contributed by atoms with Crippen LogP contribution in [0.25, 0.3) is 0 Å². The molecule has 1 fully saturated rings. The summed E-state index contributed by atoms with van der Waals surface area (Å²) in [6.45, 7) is 0.785. The minimum Gasteiger partial charge on any atom is -0.352 e. The molecule has 2 rings (SSSR count). The number of hydrogen-bond acceptors (Lipinski definition) is 5. The lowest BCUT2D eigenvalue weighted by molar-refractivity contribution is -0.134. The topological polar surface area (TPSA) is 113 Å². The Balaban J connectivity index is 2.04. The van der Waals surface area contributed by atoms with E-state index in [1.807, 2.05) is 6.26 Å². The van der Waals surface area contributed by atoms with Gasteiger partial charge in [0.1, 0.15) is 10.9 Å². The van der Waals surface area contributed by atoms with Gasteiger partial charge in [-0.2, -0.15) is 16.1 Å². The summed E-state index contributed by atoms with van der Waals surface area (Å²) in [5, 5.41) is 2.64. The van der Waals surface area contributed by atoms with Gasteiger partial charge in [-0.1, -0.05) is 23.7 Å². The number of amides is 3. The average molecular weight is 435 g/mol. The minimum absolute atomic E-state index is 0.0553. The van der Waals surface area contributed by atoms with Gasteiger partial charge >= 0.3 is 6.03 Å². The maximum absolute atomic E-state index is 12.8. The Hall–Kier alpha value is -1.49. The molecule has 3 amide bonds. The van der Waals surface area contributed by atoms with Crippen LogP contribution >= 0.6 is 23.4 Å². The summed E-state index contributed by atoms with van der Waals surface area (Å²) < 4.78 is 26.8. The fraction of sp³-hybridized carbons (Fsp3) is 0.500. The maximum atomic E-state index is 12.8. The lowest BCUT2D eigenvalue weighted by atomic mass is 10.2. The van der Waals surface area contributed by atoms with Gasteiger partial charge in [-0.3, -0.25) is 4.79 Å². The second kappa shape index (κ2) is 9.63. The first-order valence-electron chi connectivity index (χ1n) is 8.35. The summed E-state index contributed by atoms with van der Waals surface area (Å²) in [7, 11) is -3.72. The number of halogens is 1. The number of piperazine rings is 1. The fourth-order valence-electron chi connectivity index (χ4n) is 2.83. The molecule has 0 saturated carbocycles. The predicted octanol–water partition coefficient (Wildman–Crippen LogP) is 0.963. The molecule has 0 aliphatic carbocycles. The molecule has 1 aromatic rings. The highest BCUT2D eigenvalue weighted by Crippen LogP contribution is 2.25. The first kappa shape index (κ1) is 21.8. The van der Waals surface area contributed by atoms with E-state index in [0.29, 0.717) is 12.2 Å². The summed E-state index contributed by atoms with van der Waals surface area (Å²) in [6, 6.07) is 4.81. The zero-order valence-electron chi connectivity index (χ0n) is 14.9. The number of carbonyl (C=O) groups excluding carboxylic acids is 2. The van der Waals surface area contributed by atoms with Crippen LogP contribution in [0.2, 0.25) is 5.02 Å². The van der Waals surface area contributed by atoms with E-state index in [9.17, 15) is 18.0 Å². The van der Waals surface area contributed by atoms with E-state index in [1.165, 1.54) is 16.4 Å². The molecule has 1 aromatic carbocycles. The van der Waals surface area contributed by atoms with E-state index >= 15 is 0 Å². The van der Waals surface area contributed by atoms with Gasteiger partial charge in [0.2, 0.25) is 15.9 Å². The second-order valence-electron chi connectivity index (χ2n) is 6.00. The van der Waals surface area contributed by atoms with Gasteiger partial charge in [0.25, 0.3) is 0 Å². The van der Waals surface area contributed by atoms with Gasteiger partial charge < -0.3 is 16.0 Å². The molecule has 0 radical (unpaired) electrons. The molecule has 150 valence electrons. The number of hydrogen-bond donors (Lipinski definition) is 2. The molecule has 1 heterocycles. The van der Waals surface area contributed by atoms with Crippen LogP contribution in [0.1, 0.15) is 6.42 Å². The maximum Gasteiger partial charge on any atom is 0.312 e. The number of nitrogens with two attached hydrogens (primary N) is 1. The molecule has 3 N–H and O–H groups in total. The van der Waals surface area contributed by atoms with Crippen LogP contribution in [0, 0.1) is 0 Å². The van der Waals surface area contributed by atoms with Gasteiger partial charge in [-0.15, -0.1) is 0 Å². The molecule has 11 heteroatoms. The fourth-order valence-corrected chi connectivity index (χ4v) is 5.21. The summed E-state index contributed by atoms with van der Waals surface area (Å²) in [5.41, 5.74) is 5.16. The number of thioether (sulfide) groups is 1. The first-order valence-corrected chi connectivity index (χ1v) is 11.6. The summed E-state index contributed by atoms with van der Waals surface area (Å²) in [4.78, 5) is 25.5. The number of nitrogens with one attached hydrogen (secondary N) is 1. The number of rotatable bonds is 7. The Morgan fingerprint density at radius 2 is 1.89 bits per heavy atom. The van der Waals surface area contributed by atoms with E-state index in [-0.39, 0.29) is 42.0 Å². The van der Waals surface area contributed by atoms with Crippen molar-refractivity contribution >= 4 is 45.3 Å². The third kappa shape index (κ3) is 5.50. The van der Waals surface area contributed by atoms with Crippen LogP contribution in [0.5, 0.6) is 0 Å². The highest BCUT2D eigenvalue weighted by Gasteiger charge is 2.33. The van der Waals surface area contributed by atoms with Crippen LogP contribution in [0.3, 0.4) is 0 Å². The lowest BCUT2D eigenvalue weighted by Crippen LogP contribution is -2.56. The molecule has 0 bridgehead atoms. The zero-order chi connectivity index (χ0) is 20.0. The quantitative estimate of drug-likeness (QED) is 0.663. The standard InChI is InChI=1S/C16H23ClN4O4S2/c1-26-11-6-13(19-16(18)23)15(22)20-7-9-21(10-8-20)27(24,25)14-5-3-2-4-12(14)17/h2-5,13H,6-11H2,1H3,(H3,18,19,23). The molecular formula is C16H23ClN4O4S2. The molecule has 1 saturated heterocycles. The average Bonchev–Trinajstić information content (AvgIpc) is 2.64. The third-order valence-corrected chi connectivity index (χ3v) is 7.27. The Morgan fingerprint density at radius 1 is 1.26 bits per heavy atom. The Labute approximate surface area is 168 Å². The number of nitrogens with zero attached hydrogens (tertiary/aromatic N) is 2. The van der Waals surface area contributed by atoms with E-state index in [4.69, 9.17) is 17.3 Å². The number of benzene rings is 1. The van der Waals surface area contributed by atoms with Crippen molar-refractivity contribution in [2.75, 3.05) is 38.2 Å². The van der Waals surface area contributed by atoms with Crippen molar-refractivity contribution < 1.29 is 18.0 Å². The molecular weight excluding hydrogens is 412 g/mol. The molecule has 1 aliphatic heterocycles. The van der Waals surface area contributed by atoms with Crippen molar-refractivity contribution in [1.29, 1.82) is 0 Å². The Morgan fingerprint density at radius 3 is 2.44 bits per heavy atom. The Bertz CT molecular complexity index is 782. The number of primary amides is 1. The van der Waals surface area contributed by atoms with Gasteiger partial charge in [0.15, 0.2) is 0 Å². The minimum atomic E-state index is -3.72. The van der Waals surface area contributed by atoms with Crippen LogP contribution in [-0.2, 0) is 14.8 Å². The second-order valence-corrected chi connectivity index (χ2v) is 9.30. The van der Waals surface area contributed by atoms with Crippen LogP contribution in [-0.4, -0.2) is 73.8 Å². The highest BCUT2D eigenvalue weighted by molar-refractivity contribution is 7.98. The molecule has 27 heavy (non-hydrogen) atoms. The van der Waals surface area contributed by atoms with Crippen molar-refractivity contribution in [1.82, 2.24) is 14.5 Å². The van der Waals surface area contributed by atoms with E-state index in [1.54, 1.807) is 28.8 Å². The normalized spacial score (nSPS) is 16.7. The van der Waals surface area contributed by atoms with Crippen LogP contribution < -0.4 is 11.1 Å². The van der Waals surface area contributed by atoms with Gasteiger partial charge in [-0.25, -0.2) is 13.2 Å². The van der Waals surface area contributed by atoms with Crippen LogP contribution in [0.15, 0.2) is 29.2 Å². The van der Waals surface area contributed by atoms with Gasteiger partial charge in [-0.05, 0) is 30.6 Å². The first-order chi connectivity index (χ1) is 12.8. The number of urea groups is 1. The largest absolute Gasteiger partial charge is 0.352 e. The molecule has 0 aromatic heterocycles. The molecule has 8 nitrogen and oxygen atoms in total. The smallest absolute Gasteiger partial charge is 0.312 e. The van der Waals surface area contributed by atoms with Crippen molar-refractivity contribution in [3.05, 3.63) is 29.3 Å². The van der Waals surface area contributed by atoms with Crippen LogP contribution in [0.4, 0.5) is 4.79 Å². The van der Waals surface area contributed by atoms with Gasteiger partial charge in [0.05, 0.1) is 5.02 Å². The van der Waals surface area contributed by atoms with Crippen molar-refractivity contribution in [3.8, 4) is 0 Å². The predicted molar refractivity (Wildman–Crippen MR) is 106 cm³/mol. The monoisotopic (exact) mass is 434 g/mol. The lowest BCUT2D eigenvalue weighted by Gasteiger charge is -2.35. The third-order valence-electron chi connectivity index (χ3n) is 4.23. The number of sulfonamides is 1. The van der Waals surface area contributed by atoms with Crippen molar-refractivity contribution in [2.45, 2.75) is 17.4 Å². The van der Waals surface area contributed by atoms with Crippen molar-refractivity contribution in [2.24, 2.45) is 5.73 Å². The van der Waals surface area contributed by atoms with Gasteiger partial charge in [0, 0.05) is 26.2 Å². The molecule has 1 unspecified atom stereocenters. The summed E-state index contributed by atoms with van der Waals surface area (Å²) in [6.07, 6.45) is 2.37. The summed E-state index contributed by atoms with van der Waals surface area (Å²) >= 11 is 7.58. The highest BCUT2D eigenvalue weighted by atomic mass is 35.5. The van der Waals surface area contributed by atoms with E-state index < -0.39 is 22.1 Å². The number of carbonyl (C=O) groups is 2. The molecule has 1 aliphatic rings.